The summed E-state index contributed by atoms with van der Waals surface area (Å²) in [4.78, 5) is 14.6. The van der Waals surface area contributed by atoms with Gasteiger partial charge < -0.3 is 10.2 Å². The standard InChI is InChI=1S/C16H23BrN2O/c1-3-9-18-15-8-5-10-19(16(15)20)12(2)13-6-4-7-14(17)11-13/h4,6-7,11-12,15,18H,3,5,8-10H2,1-2H3. The van der Waals surface area contributed by atoms with Gasteiger partial charge in [0, 0.05) is 11.0 Å². The van der Waals surface area contributed by atoms with Gasteiger partial charge >= 0.3 is 0 Å². The molecule has 3 nitrogen and oxygen atoms in total. The third-order valence-electron chi connectivity index (χ3n) is 3.91. The molecule has 0 aromatic heterocycles. The Morgan fingerprint density at radius 3 is 3.00 bits per heavy atom. The van der Waals surface area contributed by atoms with Gasteiger partial charge in [-0.2, -0.15) is 0 Å². The predicted octanol–water partition coefficient (Wildman–Crippen LogP) is 3.50. The Balaban J connectivity index is 2.08. The van der Waals surface area contributed by atoms with Crippen LogP contribution in [-0.2, 0) is 4.79 Å². The number of hydrogen-bond donors (Lipinski definition) is 1. The number of likely N-dealkylation sites (tertiary alicyclic amines) is 1. The first-order valence-corrected chi connectivity index (χ1v) is 8.22. The lowest BCUT2D eigenvalue weighted by atomic mass is 9.99. The number of amides is 1. The lowest BCUT2D eigenvalue weighted by molar-refractivity contribution is -0.138. The third-order valence-corrected chi connectivity index (χ3v) is 4.41. The van der Waals surface area contributed by atoms with Crippen molar-refractivity contribution in [2.24, 2.45) is 0 Å². The van der Waals surface area contributed by atoms with E-state index >= 15 is 0 Å². The van der Waals surface area contributed by atoms with Gasteiger partial charge in [0.1, 0.15) is 0 Å². The van der Waals surface area contributed by atoms with Gasteiger partial charge in [-0.15, -0.1) is 0 Å². The topological polar surface area (TPSA) is 32.3 Å². The number of nitrogens with zero attached hydrogens (tertiary/aromatic N) is 1. The second-order valence-corrected chi connectivity index (χ2v) is 6.33. The van der Waals surface area contributed by atoms with Crippen molar-refractivity contribution in [3.05, 3.63) is 34.3 Å². The Morgan fingerprint density at radius 1 is 1.50 bits per heavy atom. The van der Waals surface area contributed by atoms with Crippen molar-refractivity contribution < 1.29 is 4.79 Å². The Bertz CT molecular complexity index is 464. The number of nitrogens with one attached hydrogen (secondary N) is 1. The molecule has 2 rings (SSSR count). The molecule has 1 amide bonds. The first-order valence-electron chi connectivity index (χ1n) is 7.42. The molecule has 0 aliphatic carbocycles. The third kappa shape index (κ3) is 3.61. The van der Waals surface area contributed by atoms with Crippen molar-refractivity contribution in [1.29, 1.82) is 0 Å². The molecule has 0 saturated carbocycles. The minimum atomic E-state index is -0.00157. The number of carbonyl (C=O) groups is 1. The van der Waals surface area contributed by atoms with Gasteiger partial charge in [-0.05, 0) is 50.4 Å². The highest BCUT2D eigenvalue weighted by atomic mass is 79.9. The molecular formula is C16H23BrN2O. The van der Waals surface area contributed by atoms with Crippen LogP contribution in [0.3, 0.4) is 0 Å². The molecule has 1 aliphatic rings. The van der Waals surface area contributed by atoms with Crippen molar-refractivity contribution in [3.63, 3.8) is 0 Å². The van der Waals surface area contributed by atoms with Gasteiger partial charge in [0.25, 0.3) is 0 Å². The van der Waals surface area contributed by atoms with E-state index in [1.807, 2.05) is 17.0 Å². The van der Waals surface area contributed by atoms with Gasteiger partial charge in [-0.3, -0.25) is 4.79 Å². The molecule has 1 fully saturated rings. The number of carbonyl (C=O) groups excluding carboxylic acids is 1. The van der Waals surface area contributed by atoms with Crippen LogP contribution in [-0.4, -0.2) is 29.9 Å². The smallest absolute Gasteiger partial charge is 0.240 e. The van der Waals surface area contributed by atoms with Gasteiger partial charge in [0.05, 0.1) is 12.1 Å². The van der Waals surface area contributed by atoms with E-state index in [9.17, 15) is 4.79 Å². The molecule has 1 aromatic rings. The molecule has 1 saturated heterocycles. The maximum atomic E-state index is 12.6. The van der Waals surface area contributed by atoms with Gasteiger partial charge in [-0.25, -0.2) is 0 Å². The van der Waals surface area contributed by atoms with Crippen LogP contribution in [0.5, 0.6) is 0 Å². The fourth-order valence-corrected chi connectivity index (χ4v) is 3.16. The molecule has 2 atom stereocenters. The molecule has 0 radical (unpaired) electrons. The van der Waals surface area contributed by atoms with E-state index in [1.54, 1.807) is 0 Å². The van der Waals surface area contributed by atoms with Crippen molar-refractivity contribution in [1.82, 2.24) is 10.2 Å². The van der Waals surface area contributed by atoms with E-state index < -0.39 is 0 Å². The maximum Gasteiger partial charge on any atom is 0.240 e. The summed E-state index contributed by atoms with van der Waals surface area (Å²) in [7, 11) is 0. The summed E-state index contributed by atoms with van der Waals surface area (Å²) in [5.41, 5.74) is 1.18. The van der Waals surface area contributed by atoms with Gasteiger partial charge in [-0.1, -0.05) is 35.0 Å². The second kappa shape index (κ2) is 7.23. The highest BCUT2D eigenvalue weighted by molar-refractivity contribution is 9.10. The number of hydrogen-bond acceptors (Lipinski definition) is 2. The lowest BCUT2D eigenvalue weighted by Crippen LogP contribution is -2.51. The number of benzene rings is 1. The average molecular weight is 339 g/mol. The molecule has 110 valence electrons. The van der Waals surface area contributed by atoms with Crippen LogP contribution in [0.25, 0.3) is 0 Å². The summed E-state index contributed by atoms with van der Waals surface area (Å²) in [6, 6.07) is 8.36. The summed E-state index contributed by atoms with van der Waals surface area (Å²) >= 11 is 3.50. The van der Waals surface area contributed by atoms with Crippen molar-refractivity contribution >= 4 is 21.8 Å². The van der Waals surface area contributed by atoms with Gasteiger partial charge in [0.2, 0.25) is 5.91 Å². The molecule has 1 aliphatic heterocycles. The average Bonchev–Trinajstić information content (AvgIpc) is 2.45. The SMILES string of the molecule is CCCNC1CCCN(C(C)c2cccc(Br)c2)C1=O. The number of rotatable bonds is 5. The zero-order chi connectivity index (χ0) is 14.5. The summed E-state index contributed by atoms with van der Waals surface area (Å²) in [6.45, 7) is 6.01. The molecule has 1 heterocycles. The molecule has 20 heavy (non-hydrogen) atoms. The number of halogens is 1. The number of piperidine rings is 1. The normalized spacial score (nSPS) is 21.1. The maximum absolute atomic E-state index is 12.6. The van der Waals surface area contributed by atoms with Crippen molar-refractivity contribution in [3.8, 4) is 0 Å². The van der Waals surface area contributed by atoms with Crippen LogP contribution in [0.1, 0.15) is 44.7 Å². The van der Waals surface area contributed by atoms with E-state index in [1.165, 1.54) is 5.56 Å². The molecule has 1 aromatic carbocycles. The largest absolute Gasteiger partial charge is 0.335 e. The van der Waals surface area contributed by atoms with Crippen LogP contribution in [0, 0.1) is 0 Å². The lowest BCUT2D eigenvalue weighted by Gasteiger charge is -2.37. The zero-order valence-electron chi connectivity index (χ0n) is 12.2. The Kier molecular flexibility index (Phi) is 5.61. The van der Waals surface area contributed by atoms with E-state index in [0.29, 0.717) is 0 Å². The first kappa shape index (κ1) is 15.5. The molecule has 1 N–H and O–H groups in total. The first-order chi connectivity index (χ1) is 9.63. The fourth-order valence-electron chi connectivity index (χ4n) is 2.74. The molecule has 0 bridgehead atoms. The van der Waals surface area contributed by atoms with E-state index in [2.05, 4.69) is 47.2 Å². The highest BCUT2D eigenvalue weighted by Crippen LogP contribution is 2.26. The summed E-state index contributed by atoms with van der Waals surface area (Å²) in [5.74, 6) is 0.247. The Labute approximate surface area is 129 Å². The minimum Gasteiger partial charge on any atom is -0.335 e. The summed E-state index contributed by atoms with van der Waals surface area (Å²) < 4.78 is 1.06. The Hall–Kier alpha value is -0.870. The van der Waals surface area contributed by atoms with Crippen LogP contribution >= 0.6 is 15.9 Å². The van der Waals surface area contributed by atoms with Crippen molar-refractivity contribution in [2.75, 3.05) is 13.1 Å². The van der Waals surface area contributed by atoms with E-state index in [0.717, 1.165) is 36.8 Å². The highest BCUT2D eigenvalue weighted by Gasteiger charge is 2.31. The zero-order valence-corrected chi connectivity index (χ0v) is 13.8. The van der Waals surface area contributed by atoms with Crippen LogP contribution in [0.4, 0.5) is 0 Å². The monoisotopic (exact) mass is 338 g/mol. The van der Waals surface area contributed by atoms with E-state index in [-0.39, 0.29) is 18.0 Å². The molecule has 4 heteroatoms. The summed E-state index contributed by atoms with van der Waals surface area (Å²) in [5, 5.41) is 3.37. The quantitative estimate of drug-likeness (QED) is 0.891. The van der Waals surface area contributed by atoms with Crippen LogP contribution in [0.2, 0.25) is 0 Å². The Morgan fingerprint density at radius 2 is 2.30 bits per heavy atom. The molecule has 0 spiro atoms. The van der Waals surface area contributed by atoms with Gasteiger partial charge in [0.15, 0.2) is 0 Å². The van der Waals surface area contributed by atoms with E-state index in [4.69, 9.17) is 0 Å². The molecular weight excluding hydrogens is 316 g/mol. The predicted molar refractivity (Wildman–Crippen MR) is 85.6 cm³/mol. The second-order valence-electron chi connectivity index (χ2n) is 5.41. The molecule has 2 unspecified atom stereocenters. The minimum absolute atomic E-state index is 0.00157. The van der Waals surface area contributed by atoms with Crippen LogP contribution in [0.15, 0.2) is 28.7 Å². The van der Waals surface area contributed by atoms with Crippen LogP contribution < -0.4 is 5.32 Å². The summed E-state index contributed by atoms with van der Waals surface area (Å²) in [6.07, 6.45) is 3.09. The fraction of sp³-hybridized carbons (Fsp3) is 0.562. The van der Waals surface area contributed by atoms with Crippen molar-refractivity contribution in [2.45, 2.75) is 45.2 Å².